The highest BCUT2D eigenvalue weighted by Crippen LogP contribution is 2.21. The van der Waals surface area contributed by atoms with Gasteiger partial charge in [0.25, 0.3) is 0 Å². The number of hydrogen-bond donors (Lipinski definition) is 0. The molecule has 148 valence electrons. The van der Waals surface area contributed by atoms with E-state index >= 15 is 0 Å². The van der Waals surface area contributed by atoms with Gasteiger partial charge in [-0.25, -0.2) is 0 Å². The lowest BCUT2D eigenvalue weighted by atomic mass is 10.2. The van der Waals surface area contributed by atoms with Gasteiger partial charge >= 0.3 is 0 Å². The molecule has 6 heteroatoms. The Bertz CT molecular complexity index is 477. The van der Waals surface area contributed by atoms with Crippen LogP contribution < -0.4 is 15.1 Å². The van der Waals surface area contributed by atoms with Crippen LogP contribution in [0.5, 0.6) is 0 Å². The molecule has 0 aliphatic carbocycles. The predicted molar refractivity (Wildman–Crippen MR) is 105 cm³/mol. The smallest absolute Gasteiger partial charge is 0.0757 e. The van der Waals surface area contributed by atoms with E-state index in [0.717, 1.165) is 10.0 Å². The highest BCUT2D eigenvalue weighted by atomic mass is 31.2. The fraction of sp³-hybridized carbons (Fsp3) is 0.684. The molecule has 0 fully saturated rings. The Morgan fingerprint density at radius 3 is 1.24 bits per heavy atom. The summed E-state index contributed by atoms with van der Waals surface area (Å²) in [6.07, 6.45) is 0. The molecule has 25 heavy (non-hydrogen) atoms. The zero-order chi connectivity index (χ0) is 20.3. The first kappa shape index (κ1) is 26.5. The SMILES string of the molecule is CC[N+](CC)(CC)CC.C[N+](C)(C)C.Cc1ccc(P(=O)([O-])[O-])cc1. The monoisotopic (exact) mass is 374 g/mol. The number of aryl methyl sites for hydroxylation is 1. The molecular formula is C19H39N2O3P. The average molecular weight is 375 g/mol. The fourth-order valence-electron chi connectivity index (χ4n) is 2.07. The normalized spacial score (nSPS) is 11.8. The summed E-state index contributed by atoms with van der Waals surface area (Å²) in [6, 6.07) is 5.82. The van der Waals surface area contributed by atoms with Crippen molar-refractivity contribution in [3.63, 3.8) is 0 Å². The van der Waals surface area contributed by atoms with Crippen molar-refractivity contribution in [2.24, 2.45) is 0 Å². The molecule has 0 amide bonds. The molecule has 0 aromatic heterocycles. The van der Waals surface area contributed by atoms with Gasteiger partial charge in [-0.1, -0.05) is 29.8 Å². The average Bonchev–Trinajstić information content (AvgIpc) is 2.49. The number of benzene rings is 1. The Labute approximate surface area is 155 Å². The summed E-state index contributed by atoms with van der Waals surface area (Å²) in [5.41, 5.74) is 0.933. The maximum absolute atomic E-state index is 10.4. The van der Waals surface area contributed by atoms with E-state index < -0.39 is 7.60 Å². The molecular weight excluding hydrogens is 335 g/mol. The van der Waals surface area contributed by atoms with Crippen molar-refractivity contribution in [3.05, 3.63) is 29.8 Å². The van der Waals surface area contributed by atoms with Crippen LogP contribution in [-0.4, -0.2) is 63.3 Å². The van der Waals surface area contributed by atoms with Gasteiger partial charge in [0.2, 0.25) is 0 Å². The van der Waals surface area contributed by atoms with Crippen LogP contribution in [0.3, 0.4) is 0 Å². The predicted octanol–water partition coefficient (Wildman–Crippen LogP) is 1.74. The van der Waals surface area contributed by atoms with E-state index in [-0.39, 0.29) is 5.30 Å². The summed E-state index contributed by atoms with van der Waals surface area (Å²) < 4.78 is 12.7. The molecule has 0 saturated heterocycles. The molecule has 0 aliphatic heterocycles. The third-order valence-electron chi connectivity index (χ3n) is 4.03. The zero-order valence-corrected chi connectivity index (χ0v) is 18.6. The molecule has 0 spiro atoms. The van der Waals surface area contributed by atoms with Crippen LogP contribution in [-0.2, 0) is 4.57 Å². The molecule has 1 rings (SSSR count). The van der Waals surface area contributed by atoms with Crippen molar-refractivity contribution >= 4 is 12.9 Å². The Kier molecular flexibility index (Phi) is 12.5. The topological polar surface area (TPSA) is 63.2 Å². The van der Waals surface area contributed by atoms with Gasteiger partial charge in [-0.05, 0) is 47.5 Å². The lowest BCUT2D eigenvalue weighted by molar-refractivity contribution is -0.921. The fourth-order valence-corrected chi connectivity index (χ4v) is 2.58. The van der Waals surface area contributed by atoms with Crippen molar-refractivity contribution < 1.29 is 23.3 Å². The van der Waals surface area contributed by atoms with Gasteiger partial charge in [0.1, 0.15) is 0 Å². The summed E-state index contributed by atoms with van der Waals surface area (Å²) in [7, 11) is 3.96. The molecule has 0 heterocycles. The molecule has 0 unspecified atom stereocenters. The third-order valence-corrected chi connectivity index (χ3v) is 4.96. The summed E-state index contributed by atoms with van der Waals surface area (Å²) in [6.45, 7) is 16.0. The van der Waals surface area contributed by atoms with Crippen LogP contribution in [0.15, 0.2) is 24.3 Å². The molecule has 1 aromatic rings. The highest BCUT2D eigenvalue weighted by molar-refractivity contribution is 7.57. The van der Waals surface area contributed by atoms with Crippen LogP contribution in [0.1, 0.15) is 33.3 Å². The molecule has 0 N–H and O–H groups in total. The summed E-state index contributed by atoms with van der Waals surface area (Å²) in [5, 5.41) is -0.150. The number of nitrogens with zero attached hydrogens (tertiary/aromatic N) is 2. The highest BCUT2D eigenvalue weighted by Gasteiger charge is 2.16. The lowest BCUT2D eigenvalue weighted by Crippen LogP contribution is -2.47. The minimum absolute atomic E-state index is 0.150. The van der Waals surface area contributed by atoms with Gasteiger partial charge in [0.15, 0.2) is 0 Å². The van der Waals surface area contributed by atoms with Gasteiger partial charge in [0.05, 0.1) is 54.4 Å². The molecule has 0 saturated carbocycles. The number of quaternary nitrogens is 2. The first-order chi connectivity index (χ1) is 11.2. The van der Waals surface area contributed by atoms with E-state index in [4.69, 9.17) is 0 Å². The van der Waals surface area contributed by atoms with Crippen LogP contribution >= 0.6 is 7.60 Å². The van der Waals surface area contributed by atoms with E-state index in [9.17, 15) is 14.4 Å². The Balaban J connectivity index is 0. The minimum Gasteiger partial charge on any atom is -0.807 e. The van der Waals surface area contributed by atoms with Gasteiger partial charge in [-0.2, -0.15) is 0 Å². The van der Waals surface area contributed by atoms with Crippen molar-refractivity contribution in [1.82, 2.24) is 0 Å². The summed E-state index contributed by atoms with van der Waals surface area (Å²) >= 11 is 0. The van der Waals surface area contributed by atoms with Gasteiger partial charge in [-0.3, -0.25) is 0 Å². The summed E-state index contributed by atoms with van der Waals surface area (Å²) in [4.78, 5) is 20.8. The van der Waals surface area contributed by atoms with E-state index in [0.29, 0.717) is 0 Å². The first-order valence-electron chi connectivity index (χ1n) is 8.97. The maximum Gasteiger partial charge on any atom is 0.0757 e. The van der Waals surface area contributed by atoms with E-state index in [2.05, 4.69) is 55.9 Å². The van der Waals surface area contributed by atoms with Gasteiger partial charge < -0.3 is 23.3 Å². The Morgan fingerprint density at radius 1 is 0.800 bits per heavy atom. The second kappa shape index (κ2) is 11.8. The second-order valence-corrected chi connectivity index (χ2v) is 9.13. The third kappa shape index (κ3) is 14.2. The van der Waals surface area contributed by atoms with Crippen LogP contribution in [0.2, 0.25) is 0 Å². The van der Waals surface area contributed by atoms with Crippen molar-refractivity contribution in [1.29, 1.82) is 0 Å². The summed E-state index contributed by atoms with van der Waals surface area (Å²) in [5.74, 6) is 0. The molecule has 0 aliphatic rings. The van der Waals surface area contributed by atoms with Gasteiger partial charge in [-0.15, -0.1) is 0 Å². The van der Waals surface area contributed by atoms with E-state index in [1.54, 1.807) is 12.1 Å². The lowest BCUT2D eigenvalue weighted by Gasteiger charge is -2.34. The largest absolute Gasteiger partial charge is 0.807 e. The van der Waals surface area contributed by atoms with Gasteiger partial charge in [0, 0.05) is 0 Å². The maximum atomic E-state index is 10.4. The number of rotatable bonds is 5. The van der Waals surface area contributed by atoms with Crippen molar-refractivity contribution in [3.8, 4) is 0 Å². The molecule has 5 nitrogen and oxygen atoms in total. The zero-order valence-electron chi connectivity index (χ0n) is 17.7. The minimum atomic E-state index is -4.54. The van der Waals surface area contributed by atoms with Crippen LogP contribution in [0, 0.1) is 6.92 Å². The van der Waals surface area contributed by atoms with E-state index in [1.165, 1.54) is 42.8 Å². The molecule has 0 atom stereocenters. The Morgan fingerprint density at radius 2 is 1.08 bits per heavy atom. The van der Waals surface area contributed by atoms with E-state index in [1.807, 2.05) is 6.92 Å². The molecule has 0 radical (unpaired) electrons. The quantitative estimate of drug-likeness (QED) is 0.583. The molecule has 1 aromatic carbocycles. The van der Waals surface area contributed by atoms with Crippen molar-refractivity contribution in [2.75, 3.05) is 54.4 Å². The van der Waals surface area contributed by atoms with Crippen molar-refractivity contribution in [2.45, 2.75) is 34.6 Å². The molecule has 0 bridgehead atoms. The standard InChI is InChI=1S/C8H20N.C7H9O3P.C4H12N/c1-5-9(6-2,7-3)8-4;1-6-2-4-7(5-3-6)11(8,9)10;1-5(2,3)4/h5-8H2,1-4H3;2-5H,1H3,(H2,8,9,10);1-4H3/q+1;;+1/p-2. The Hall–Kier alpha value is -0.710. The van der Waals surface area contributed by atoms with Crippen LogP contribution in [0.25, 0.3) is 0 Å². The van der Waals surface area contributed by atoms with Crippen LogP contribution in [0.4, 0.5) is 0 Å². The number of hydrogen-bond acceptors (Lipinski definition) is 3. The second-order valence-electron chi connectivity index (χ2n) is 7.62. The first-order valence-corrected chi connectivity index (χ1v) is 10.5.